The summed E-state index contributed by atoms with van der Waals surface area (Å²) >= 11 is 0. The van der Waals surface area contributed by atoms with E-state index >= 15 is 0 Å². The number of ether oxygens (including phenoxy) is 6. The third-order valence-electron chi connectivity index (χ3n) is 10.3. The van der Waals surface area contributed by atoms with Gasteiger partial charge in [0, 0.05) is 49.4 Å². The second-order valence-electron chi connectivity index (χ2n) is 14.4. The minimum Gasteiger partial charge on any atom is -0.369 e. The summed E-state index contributed by atoms with van der Waals surface area (Å²) in [5.41, 5.74) is 21.3. The Bertz CT molecular complexity index is 1110. The fraction of sp³-hybridized carbons (Fsp3) is 0.829. The Labute approximate surface area is 311 Å². The first-order valence-corrected chi connectivity index (χ1v) is 18.4. The minimum atomic E-state index is -1.51. The van der Waals surface area contributed by atoms with Gasteiger partial charge in [-0.05, 0) is 51.4 Å². The molecule has 0 radical (unpaired) electrons. The van der Waals surface area contributed by atoms with E-state index in [-0.39, 0.29) is 65.6 Å². The van der Waals surface area contributed by atoms with Crippen LogP contribution in [0.25, 0.3) is 0 Å². The van der Waals surface area contributed by atoms with Crippen molar-refractivity contribution in [2.24, 2.45) is 63.9 Å². The summed E-state index contributed by atoms with van der Waals surface area (Å²) in [5, 5.41) is 5.36. The molecule has 0 aromatic carbocycles. The summed E-state index contributed by atoms with van der Waals surface area (Å²) in [5.74, 6) is -9.56. The number of primary amides is 4. The van der Waals surface area contributed by atoms with Gasteiger partial charge in [-0.25, -0.2) is 0 Å². The van der Waals surface area contributed by atoms with Gasteiger partial charge in [0.2, 0.25) is 35.4 Å². The molecule has 4 atom stereocenters. The monoisotopic (exact) mass is 758 g/mol. The predicted molar refractivity (Wildman–Crippen MR) is 189 cm³/mol. The molecule has 53 heavy (non-hydrogen) atoms. The van der Waals surface area contributed by atoms with Gasteiger partial charge in [0.05, 0.1) is 31.8 Å². The quantitative estimate of drug-likeness (QED) is 0.0731. The van der Waals surface area contributed by atoms with Crippen molar-refractivity contribution in [2.75, 3.05) is 39.9 Å². The van der Waals surface area contributed by atoms with Crippen LogP contribution in [0.2, 0.25) is 0 Å². The number of hydrogen-bond donors (Lipinski definition) is 6. The molecular formula is C35H62N6O12. The van der Waals surface area contributed by atoms with Crippen LogP contribution in [0.3, 0.4) is 0 Å². The van der Waals surface area contributed by atoms with Crippen molar-refractivity contribution in [3.8, 4) is 0 Å². The van der Waals surface area contributed by atoms with Gasteiger partial charge < -0.3 is 62.0 Å². The van der Waals surface area contributed by atoms with Gasteiger partial charge in [0.15, 0.2) is 0 Å². The van der Waals surface area contributed by atoms with Crippen LogP contribution in [0.1, 0.15) is 92.9 Å². The minimum absolute atomic E-state index is 0.110. The topological polar surface area (TPSA) is 286 Å². The molecule has 0 aliphatic carbocycles. The fourth-order valence-corrected chi connectivity index (χ4v) is 6.33. The van der Waals surface area contributed by atoms with E-state index in [0.717, 1.165) is 0 Å². The van der Waals surface area contributed by atoms with Gasteiger partial charge in [-0.1, -0.05) is 27.7 Å². The summed E-state index contributed by atoms with van der Waals surface area (Å²) in [4.78, 5) is 73.9. The molecule has 2 saturated heterocycles. The highest BCUT2D eigenvalue weighted by Crippen LogP contribution is 2.37. The number of nitrogens with two attached hydrogens (primary N) is 4. The summed E-state index contributed by atoms with van der Waals surface area (Å²) in [7, 11) is 0. The SMILES string of the molecule is CCC(CC(CC(CC)C(N)=O)C(=O)NCOC1(C)OCC2(CO1)COC(C)(OCNC(=O)C(CC(CC)C(N)=O)CC(CC)C(N)=O)OC2)C(N)=O. The summed E-state index contributed by atoms with van der Waals surface area (Å²) in [6.45, 7) is 10.2. The molecule has 304 valence electrons. The maximum atomic E-state index is 13.2. The predicted octanol–water partition coefficient (Wildman–Crippen LogP) is 0.433. The molecule has 2 rings (SSSR count). The fourth-order valence-electron chi connectivity index (χ4n) is 6.33. The van der Waals surface area contributed by atoms with Crippen LogP contribution in [0.5, 0.6) is 0 Å². The van der Waals surface area contributed by atoms with Crippen LogP contribution in [0, 0.1) is 40.9 Å². The Kier molecular flexibility index (Phi) is 18.0. The number of carbonyl (C=O) groups excluding carboxylic acids is 6. The molecule has 0 saturated carbocycles. The number of carbonyl (C=O) groups is 6. The molecule has 10 N–H and O–H groups in total. The smallest absolute Gasteiger partial charge is 0.281 e. The van der Waals surface area contributed by atoms with Crippen molar-refractivity contribution in [3.05, 3.63) is 0 Å². The Balaban J connectivity index is 1.89. The van der Waals surface area contributed by atoms with Crippen molar-refractivity contribution >= 4 is 35.4 Å². The van der Waals surface area contributed by atoms with E-state index in [1.165, 1.54) is 0 Å². The molecule has 0 aromatic rings. The van der Waals surface area contributed by atoms with Crippen molar-refractivity contribution < 1.29 is 57.2 Å². The van der Waals surface area contributed by atoms with E-state index in [9.17, 15) is 28.8 Å². The lowest BCUT2D eigenvalue weighted by Gasteiger charge is -2.48. The molecule has 2 aliphatic rings. The largest absolute Gasteiger partial charge is 0.369 e. The first-order valence-electron chi connectivity index (χ1n) is 18.4. The third kappa shape index (κ3) is 14.1. The molecule has 0 bridgehead atoms. The van der Waals surface area contributed by atoms with E-state index in [1.807, 2.05) is 0 Å². The third-order valence-corrected chi connectivity index (χ3v) is 10.3. The van der Waals surface area contributed by atoms with Crippen LogP contribution in [-0.2, 0) is 57.2 Å². The maximum Gasteiger partial charge on any atom is 0.281 e. The van der Waals surface area contributed by atoms with Crippen LogP contribution < -0.4 is 33.6 Å². The lowest BCUT2D eigenvalue weighted by Crippen LogP contribution is -2.59. The Morgan fingerprint density at radius 1 is 0.509 bits per heavy atom. The number of hydrogen-bond acceptors (Lipinski definition) is 12. The molecule has 18 nitrogen and oxygen atoms in total. The van der Waals surface area contributed by atoms with Crippen LogP contribution in [0.15, 0.2) is 0 Å². The highest BCUT2D eigenvalue weighted by molar-refractivity contribution is 5.83. The number of amides is 6. The van der Waals surface area contributed by atoms with Crippen LogP contribution in [0.4, 0.5) is 0 Å². The van der Waals surface area contributed by atoms with Crippen molar-refractivity contribution in [1.29, 1.82) is 0 Å². The molecule has 4 unspecified atom stereocenters. The average molecular weight is 759 g/mol. The van der Waals surface area contributed by atoms with Gasteiger partial charge in [0.1, 0.15) is 13.5 Å². The maximum absolute atomic E-state index is 13.2. The van der Waals surface area contributed by atoms with Gasteiger partial charge >= 0.3 is 0 Å². The zero-order chi connectivity index (χ0) is 40.0. The molecule has 6 amide bonds. The lowest BCUT2D eigenvalue weighted by molar-refractivity contribution is -0.456. The first-order chi connectivity index (χ1) is 24.9. The summed E-state index contributed by atoms with van der Waals surface area (Å²) in [6.07, 6.45) is 2.42. The van der Waals surface area contributed by atoms with Crippen molar-refractivity contribution in [2.45, 2.75) is 105 Å². The molecule has 18 heteroatoms. The molecule has 2 heterocycles. The molecule has 1 spiro atoms. The van der Waals surface area contributed by atoms with Crippen LogP contribution in [-0.4, -0.2) is 87.3 Å². The molecular weight excluding hydrogens is 696 g/mol. The number of nitrogens with one attached hydrogen (secondary N) is 2. The molecule has 2 aliphatic heterocycles. The standard InChI is InChI=1S/C35H62N6O12/c1-7-21(27(36)42)11-25(12-22(8-2)28(37)43)31(46)40-19-52-33(5)48-15-35(16-49-33)17-50-34(6,51-18-35)53-20-41-32(47)26(13-23(9-3)29(38)44)14-24(10-4)30(39)45/h21-26H,7-20H2,1-6H3,(H2,36,42)(H2,37,43)(H2,38,44)(H2,39,45)(H,40,46)(H,41,47). The zero-order valence-corrected chi connectivity index (χ0v) is 32.1. The van der Waals surface area contributed by atoms with E-state index in [2.05, 4.69) is 10.6 Å². The first kappa shape index (κ1) is 45.7. The molecule has 0 aromatic heterocycles. The van der Waals surface area contributed by atoms with Gasteiger partial charge in [-0.2, -0.15) is 0 Å². The second-order valence-corrected chi connectivity index (χ2v) is 14.4. The van der Waals surface area contributed by atoms with Gasteiger partial charge in [0.25, 0.3) is 11.9 Å². The highest BCUT2D eigenvalue weighted by Gasteiger charge is 2.49. The lowest BCUT2D eigenvalue weighted by atomic mass is 9.84. The highest BCUT2D eigenvalue weighted by atomic mass is 16.9. The van der Waals surface area contributed by atoms with Crippen molar-refractivity contribution in [1.82, 2.24) is 10.6 Å². The van der Waals surface area contributed by atoms with Gasteiger partial charge in [-0.3, -0.25) is 28.8 Å². The number of rotatable bonds is 24. The zero-order valence-electron chi connectivity index (χ0n) is 32.1. The average Bonchev–Trinajstić information content (AvgIpc) is 3.10. The van der Waals surface area contributed by atoms with Crippen molar-refractivity contribution in [3.63, 3.8) is 0 Å². The molecule has 2 fully saturated rings. The van der Waals surface area contributed by atoms with E-state index in [0.29, 0.717) is 25.7 Å². The Morgan fingerprint density at radius 3 is 0.962 bits per heavy atom. The van der Waals surface area contributed by atoms with E-state index in [4.69, 9.17) is 51.4 Å². The van der Waals surface area contributed by atoms with E-state index < -0.39 is 88.3 Å². The normalized spacial score (nSPS) is 26.4. The second kappa shape index (κ2) is 20.9. The van der Waals surface area contributed by atoms with Crippen LogP contribution >= 0.6 is 0 Å². The summed E-state index contributed by atoms with van der Waals surface area (Å²) < 4.78 is 35.1. The van der Waals surface area contributed by atoms with Gasteiger partial charge in [-0.15, -0.1) is 0 Å². The Morgan fingerprint density at radius 2 is 0.755 bits per heavy atom. The summed E-state index contributed by atoms with van der Waals surface area (Å²) in [6, 6.07) is 0. The van der Waals surface area contributed by atoms with E-state index in [1.54, 1.807) is 41.5 Å². The Hall–Kier alpha value is -3.42.